The number of hydrogen-bond donors (Lipinski definition) is 4. The molecule has 1 unspecified atom stereocenters. The molecule has 0 fully saturated rings. The van der Waals surface area contributed by atoms with Crippen LogP contribution in [0.4, 0.5) is 17.2 Å². The van der Waals surface area contributed by atoms with Gasteiger partial charge in [-0.2, -0.15) is 5.10 Å². The number of benzene rings is 2. The third-order valence-corrected chi connectivity index (χ3v) is 5.93. The van der Waals surface area contributed by atoms with Crippen LogP contribution in [0.15, 0.2) is 53.3 Å². The third-order valence-electron chi connectivity index (χ3n) is 5.93. The number of methoxy groups -OCH3 is 1. The summed E-state index contributed by atoms with van der Waals surface area (Å²) in [5.74, 6) is 0.201. The highest BCUT2D eigenvalue weighted by Gasteiger charge is 2.34. The number of H-pyrrole nitrogens is 2. The number of aromatic amines is 2. The Kier molecular flexibility index (Phi) is 4.74. The molecule has 3 heterocycles. The minimum atomic E-state index is -0.511. The standard InChI is InChI=1S/C25H25N5O3/c1-25(2,3)21-19-20(15-11-13-7-5-6-8-16(13)28-23(15)31)26-18-12-14(24(32)33-4)9-10-17(18)27-22(19)30-29-21/h5-12,20,26H,1-4H3,(H,28,31)(H2,27,29,30). The molecule has 0 aliphatic carbocycles. The molecule has 0 spiro atoms. The van der Waals surface area contributed by atoms with Crippen LogP contribution in [0.5, 0.6) is 0 Å². The molecule has 0 bridgehead atoms. The van der Waals surface area contributed by atoms with Gasteiger partial charge in [-0.25, -0.2) is 4.79 Å². The zero-order valence-corrected chi connectivity index (χ0v) is 18.9. The number of carbonyl (C=O) groups excluding carboxylic acids is 1. The molecule has 33 heavy (non-hydrogen) atoms. The Balaban J connectivity index is 1.75. The normalized spacial score (nSPS) is 15.1. The largest absolute Gasteiger partial charge is 0.465 e. The Hall–Kier alpha value is -4.07. The number of nitrogens with zero attached hydrogens (tertiary/aromatic N) is 1. The van der Waals surface area contributed by atoms with Crippen LogP contribution in [0.2, 0.25) is 0 Å². The molecule has 1 aliphatic rings. The summed E-state index contributed by atoms with van der Waals surface area (Å²) in [6.45, 7) is 6.28. The van der Waals surface area contributed by atoms with E-state index in [0.29, 0.717) is 22.6 Å². The summed E-state index contributed by atoms with van der Waals surface area (Å²) >= 11 is 0. The highest BCUT2D eigenvalue weighted by atomic mass is 16.5. The molecule has 0 saturated heterocycles. The Morgan fingerprint density at radius 1 is 1.06 bits per heavy atom. The van der Waals surface area contributed by atoms with Crippen molar-refractivity contribution in [2.45, 2.75) is 32.2 Å². The summed E-state index contributed by atoms with van der Waals surface area (Å²) < 4.78 is 4.89. The SMILES string of the molecule is COC(=O)c1ccc2c(c1)NC(c1cc3ccccc3[nH]c1=O)c1c(n[nH]c1C(C)(C)C)N2. The molecule has 168 valence electrons. The number of para-hydroxylation sites is 1. The summed E-state index contributed by atoms with van der Waals surface area (Å²) in [6.07, 6.45) is 0. The van der Waals surface area contributed by atoms with Crippen LogP contribution < -0.4 is 16.2 Å². The predicted molar refractivity (Wildman–Crippen MR) is 128 cm³/mol. The third kappa shape index (κ3) is 3.53. The number of ether oxygens (including phenoxy) is 1. The number of fused-ring (bicyclic) bond motifs is 3. The molecule has 2 aromatic carbocycles. The summed E-state index contributed by atoms with van der Waals surface area (Å²) in [5.41, 5.74) is 4.49. The van der Waals surface area contributed by atoms with Gasteiger partial charge in [0, 0.05) is 27.8 Å². The fourth-order valence-corrected chi connectivity index (χ4v) is 4.28. The first-order chi connectivity index (χ1) is 15.8. The number of nitrogens with one attached hydrogen (secondary N) is 4. The van der Waals surface area contributed by atoms with Gasteiger partial charge in [0.1, 0.15) is 0 Å². The minimum absolute atomic E-state index is 0.189. The fourth-order valence-electron chi connectivity index (χ4n) is 4.28. The van der Waals surface area contributed by atoms with Crippen molar-refractivity contribution in [1.29, 1.82) is 0 Å². The van der Waals surface area contributed by atoms with Crippen molar-refractivity contribution in [3.8, 4) is 0 Å². The molecular formula is C25H25N5O3. The van der Waals surface area contributed by atoms with E-state index in [2.05, 4.69) is 46.6 Å². The molecule has 0 radical (unpaired) electrons. The Bertz CT molecular complexity index is 1440. The molecule has 8 nitrogen and oxygen atoms in total. The van der Waals surface area contributed by atoms with Crippen molar-refractivity contribution in [2.24, 2.45) is 0 Å². The van der Waals surface area contributed by atoms with Crippen LogP contribution >= 0.6 is 0 Å². The number of rotatable bonds is 2. The van der Waals surface area contributed by atoms with Crippen molar-refractivity contribution >= 4 is 34.1 Å². The lowest BCUT2D eigenvalue weighted by Crippen LogP contribution is -2.25. The van der Waals surface area contributed by atoms with Crippen molar-refractivity contribution in [3.05, 3.63) is 81.3 Å². The second kappa shape index (κ2) is 7.51. The smallest absolute Gasteiger partial charge is 0.337 e. The molecule has 0 amide bonds. The van der Waals surface area contributed by atoms with Crippen LogP contribution in [-0.2, 0) is 10.2 Å². The first-order valence-corrected chi connectivity index (χ1v) is 10.7. The number of carbonyl (C=O) groups is 1. The van der Waals surface area contributed by atoms with E-state index < -0.39 is 12.0 Å². The van der Waals surface area contributed by atoms with Gasteiger partial charge in [0.2, 0.25) is 0 Å². The van der Waals surface area contributed by atoms with Crippen molar-refractivity contribution < 1.29 is 9.53 Å². The van der Waals surface area contributed by atoms with E-state index in [-0.39, 0.29) is 11.0 Å². The van der Waals surface area contributed by atoms with Crippen LogP contribution in [0.3, 0.4) is 0 Å². The fraction of sp³-hybridized carbons (Fsp3) is 0.240. The van der Waals surface area contributed by atoms with Gasteiger partial charge in [-0.1, -0.05) is 39.0 Å². The predicted octanol–water partition coefficient (Wildman–Crippen LogP) is 4.59. The lowest BCUT2D eigenvalue weighted by atomic mass is 9.85. The number of pyridine rings is 1. The summed E-state index contributed by atoms with van der Waals surface area (Å²) in [5, 5.41) is 15.5. The minimum Gasteiger partial charge on any atom is -0.465 e. The lowest BCUT2D eigenvalue weighted by molar-refractivity contribution is 0.0601. The van der Waals surface area contributed by atoms with E-state index in [1.54, 1.807) is 18.2 Å². The first kappa shape index (κ1) is 20.8. The summed E-state index contributed by atoms with van der Waals surface area (Å²) in [6, 6.07) is 14.3. The molecule has 5 rings (SSSR count). The molecule has 4 aromatic rings. The summed E-state index contributed by atoms with van der Waals surface area (Å²) in [4.78, 5) is 28.4. The van der Waals surface area contributed by atoms with Gasteiger partial charge in [-0.05, 0) is 35.7 Å². The average Bonchev–Trinajstić information content (AvgIpc) is 3.14. The summed E-state index contributed by atoms with van der Waals surface area (Å²) in [7, 11) is 1.35. The Morgan fingerprint density at radius 2 is 1.85 bits per heavy atom. The van der Waals surface area contributed by atoms with Gasteiger partial charge >= 0.3 is 5.97 Å². The zero-order valence-electron chi connectivity index (χ0n) is 18.9. The van der Waals surface area contributed by atoms with Crippen LogP contribution in [0, 0.1) is 0 Å². The lowest BCUT2D eigenvalue weighted by Gasteiger charge is -2.24. The van der Waals surface area contributed by atoms with Gasteiger partial charge in [-0.3, -0.25) is 9.89 Å². The van der Waals surface area contributed by atoms with Gasteiger partial charge in [0.25, 0.3) is 5.56 Å². The van der Waals surface area contributed by atoms with Crippen molar-refractivity contribution in [2.75, 3.05) is 17.7 Å². The molecule has 0 saturated carbocycles. The highest BCUT2D eigenvalue weighted by molar-refractivity contribution is 5.93. The molecule has 2 aromatic heterocycles. The van der Waals surface area contributed by atoms with Gasteiger partial charge in [0.15, 0.2) is 5.82 Å². The van der Waals surface area contributed by atoms with Gasteiger partial charge in [0.05, 0.1) is 30.1 Å². The Labute approximate surface area is 190 Å². The maximum absolute atomic E-state index is 13.3. The number of anilines is 3. The van der Waals surface area contributed by atoms with E-state index in [4.69, 9.17) is 4.74 Å². The second-order valence-corrected chi connectivity index (χ2v) is 9.21. The van der Waals surface area contributed by atoms with Crippen LogP contribution in [0.25, 0.3) is 10.9 Å². The quantitative estimate of drug-likeness (QED) is 0.337. The second-order valence-electron chi connectivity index (χ2n) is 9.21. The van der Waals surface area contributed by atoms with E-state index in [9.17, 15) is 9.59 Å². The molecule has 4 N–H and O–H groups in total. The van der Waals surface area contributed by atoms with Crippen LogP contribution in [0.1, 0.15) is 54.0 Å². The molecule has 1 atom stereocenters. The maximum Gasteiger partial charge on any atom is 0.337 e. The van der Waals surface area contributed by atoms with Crippen molar-refractivity contribution in [1.82, 2.24) is 15.2 Å². The molecule has 1 aliphatic heterocycles. The molecular weight excluding hydrogens is 418 g/mol. The molecule has 8 heteroatoms. The van der Waals surface area contributed by atoms with E-state index in [0.717, 1.165) is 27.8 Å². The first-order valence-electron chi connectivity index (χ1n) is 10.7. The monoisotopic (exact) mass is 443 g/mol. The van der Waals surface area contributed by atoms with E-state index in [1.807, 2.05) is 30.3 Å². The zero-order chi connectivity index (χ0) is 23.3. The van der Waals surface area contributed by atoms with E-state index in [1.165, 1.54) is 7.11 Å². The topological polar surface area (TPSA) is 112 Å². The van der Waals surface area contributed by atoms with Crippen LogP contribution in [-0.4, -0.2) is 28.3 Å². The van der Waals surface area contributed by atoms with Gasteiger partial charge < -0.3 is 20.4 Å². The van der Waals surface area contributed by atoms with Crippen molar-refractivity contribution in [3.63, 3.8) is 0 Å². The van der Waals surface area contributed by atoms with E-state index >= 15 is 0 Å². The average molecular weight is 444 g/mol. The number of aromatic nitrogens is 3. The number of esters is 1. The highest BCUT2D eigenvalue weighted by Crippen LogP contribution is 2.43. The Morgan fingerprint density at radius 3 is 2.61 bits per heavy atom. The maximum atomic E-state index is 13.3. The van der Waals surface area contributed by atoms with Gasteiger partial charge in [-0.15, -0.1) is 0 Å². The number of hydrogen-bond acceptors (Lipinski definition) is 6.